The van der Waals surface area contributed by atoms with E-state index in [0.29, 0.717) is 38.1 Å². The van der Waals surface area contributed by atoms with Crippen molar-refractivity contribution < 1.29 is 18.3 Å². The molecule has 2 saturated heterocycles. The summed E-state index contributed by atoms with van der Waals surface area (Å²) in [7, 11) is 0. The first kappa shape index (κ1) is 25.7. The summed E-state index contributed by atoms with van der Waals surface area (Å²) in [4.78, 5) is 17.8. The number of carbonyl (C=O) groups is 1. The number of hydrogen-bond donors (Lipinski definition) is 1. The molecule has 4 rings (SSSR count). The van der Waals surface area contributed by atoms with Crippen LogP contribution in [0.5, 0.6) is 0 Å². The molecule has 0 aromatic heterocycles. The minimum absolute atomic E-state index is 0.125. The molecular formula is C28H37F2N3O2. The van der Waals surface area contributed by atoms with E-state index in [-0.39, 0.29) is 29.6 Å². The third-order valence-electron chi connectivity index (χ3n) is 7.03. The Morgan fingerprint density at radius 1 is 0.914 bits per heavy atom. The van der Waals surface area contributed by atoms with Gasteiger partial charge in [-0.05, 0) is 60.6 Å². The van der Waals surface area contributed by atoms with Crippen LogP contribution in [0, 0.1) is 17.6 Å². The van der Waals surface area contributed by atoms with Gasteiger partial charge in [0.25, 0.3) is 0 Å². The average molecular weight is 486 g/mol. The number of hydrogen-bond acceptors (Lipinski definition) is 4. The zero-order chi connectivity index (χ0) is 24.8. The van der Waals surface area contributed by atoms with E-state index >= 15 is 0 Å². The Morgan fingerprint density at radius 2 is 1.43 bits per heavy atom. The van der Waals surface area contributed by atoms with E-state index < -0.39 is 0 Å². The molecule has 190 valence electrons. The third-order valence-corrected chi connectivity index (χ3v) is 7.03. The van der Waals surface area contributed by atoms with E-state index in [1.165, 1.54) is 24.3 Å². The molecular weight excluding hydrogens is 448 g/mol. The highest BCUT2D eigenvalue weighted by molar-refractivity contribution is 5.82. The van der Waals surface area contributed by atoms with Crippen molar-refractivity contribution in [2.45, 2.75) is 51.2 Å². The highest BCUT2D eigenvalue weighted by atomic mass is 19.1. The molecule has 2 aliphatic rings. The number of piperazine rings is 1. The van der Waals surface area contributed by atoms with E-state index in [1.54, 1.807) is 24.3 Å². The normalized spacial score (nSPS) is 18.9. The smallest absolute Gasteiger partial charge is 0.239 e. The van der Waals surface area contributed by atoms with Crippen molar-refractivity contribution in [3.8, 4) is 0 Å². The van der Waals surface area contributed by atoms with E-state index in [9.17, 15) is 13.6 Å². The number of nitrogens with one attached hydrogen (secondary N) is 1. The fraction of sp³-hybridized carbons (Fsp3) is 0.536. The number of halogens is 2. The fourth-order valence-electron chi connectivity index (χ4n) is 5.19. The summed E-state index contributed by atoms with van der Waals surface area (Å²) in [5.41, 5.74) is 1.91. The number of nitrogens with zero attached hydrogens (tertiary/aromatic N) is 2. The van der Waals surface area contributed by atoms with Gasteiger partial charge in [-0.15, -0.1) is 0 Å². The first-order valence-corrected chi connectivity index (χ1v) is 12.8. The van der Waals surface area contributed by atoms with E-state index in [4.69, 9.17) is 4.74 Å². The lowest BCUT2D eigenvalue weighted by Crippen LogP contribution is -2.56. The van der Waals surface area contributed by atoms with Gasteiger partial charge in [0, 0.05) is 45.4 Å². The van der Waals surface area contributed by atoms with Crippen LogP contribution in [-0.4, -0.2) is 67.2 Å². The number of carbonyl (C=O) groups excluding carboxylic acids is 1. The number of amides is 1. The molecule has 7 heteroatoms. The maximum Gasteiger partial charge on any atom is 0.239 e. The van der Waals surface area contributed by atoms with Crippen LogP contribution < -0.4 is 5.32 Å². The van der Waals surface area contributed by atoms with Crippen molar-refractivity contribution in [2.75, 3.05) is 39.4 Å². The van der Waals surface area contributed by atoms with Gasteiger partial charge in [-0.1, -0.05) is 38.1 Å². The third kappa shape index (κ3) is 6.87. The minimum atomic E-state index is -0.282. The van der Waals surface area contributed by atoms with Crippen LogP contribution in [0.2, 0.25) is 0 Å². The molecule has 0 bridgehead atoms. The van der Waals surface area contributed by atoms with Gasteiger partial charge in [0.2, 0.25) is 5.91 Å². The molecule has 2 fully saturated rings. The highest BCUT2D eigenvalue weighted by Gasteiger charge is 2.32. The van der Waals surface area contributed by atoms with Crippen LogP contribution in [0.25, 0.3) is 0 Å². The van der Waals surface area contributed by atoms with Crippen LogP contribution >= 0.6 is 0 Å². The van der Waals surface area contributed by atoms with Gasteiger partial charge >= 0.3 is 0 Å². The van der Waals surface area contributed by atoms with Gasteiger partial charge in [0.1, 0.15) is 11.6 Å². The monoisotopic (exact) mass is 485 g/mol. The zero-order valence-electron chi connectivity index (χ0n) is 20.8. The fourth-order valence-corrected chi connectivity index (χ4v) is 5.19. The maximum atomic E-state index is 13.6. The Labute approximate surface area is 207 Å². The summed E-state index contributed by atoms with van der Waals surface area (Å²) >= 11 is 0. The molecule has 0 unspecified atom stereocenters. The lowest BCUT2D eigenvalue weighted by atomic mass is 9.96. The SMILES string of the molecule is CC(C)C[C@H](NC1CCOCC1)C(=O)N1CCN(C(c2ccc(F)cc2)c2ccc(F)cc2)CC1. The van der Waals surface area contributed by atoms with Gasteiger partial charge in [0.15, 0.2) is 0 Å². The molecule has 2 aromatic rings. The molecule has 2 heterocycles. The second kappa shape index (κ2) is 12.1. The number of ether oxygens (including phenoxy) is 1. The van der Waals surface area contributed by atoms with Gasteiger partial charge in [0.05, 0.1) is 12.1 Å². The van der Waals surface area contributed by atoms with Gasteiger partial charge in [-0.2, -0.15) is 0 Å². The van der Waals surface area contributed by atoms with E-state index in [1.807, 2.05) is 4.90 Å². The molecule has 5 nitrogen and oxygen atoms in total. The molecule has 0 saturated carbocycles. The Hall–Kier alpha value is -2.35. The summed E-state index contributed by atoms with van der Waals surface area (Å²) in [6.07, 6.45) is 2.68. The van der Waals surface area contributed by atoms with Crippen LogP contribution in [0.4, 0.5) is 8.78 Å². The van der Waals surface area contributed by atoms with Crippen molar-refractivity contribution in [1.29, 1.82) is 0 Å². The van der Waals surface area contributed by atoms with Crippen molar-refractivity contribution in [2.24, 2.45) is 5.92 Å². The molecule has 1 N–H and O–H groups in total. The molecule has 1 atom stereocenters. The first-order chi connectivity index (χ1) is 16.9. The summed E-state index contributed by atoms with van der Waals surface area (Å²) in [5.74, 6) is 0.0226. The van der Waals surface area contributed by atoms with Crippen molar-refractivity contribution in [3.05, 3.63) is 71.3 Å². The zero-order valence-corrected chi connectivity index (χ0v) is 20.8. The molecule has 2 aliphatic heterocycles. The van der Waals surface area contributed by atoms with Gasteiger partial charge < -0.3 is 15.0 Å². The highest BCUT2D eigenvalue weighted by Crippen LogP contribution is 2.30. The topological polar surface area (TPSA) is 44.8 Å². The largest absolute Gasteiger partial charge is 0.381 e. The number of benzene rings is 2. The lowest BCUT2D eigenvalue weighted by molar-refractivity contribution is -0.136. The summed E-state index contributed by atoms with van der Waals surface area (Å²) in [6, 6.07) is 13.0. The molecule has 35 heavy (non-hydrogen) atoms. The van der Waals surface area contributed by atoms with Gasteiger partial charge in [-0.3, -0.25) is 9.69 Å². The number of rotatable bonds is 8. The lowest BCUT2D eigenvalue weighted by Gasteiger charge is -2.41. The van der Waals surface area contributed by atoms with Crippen molar-refractivity contribution >= 4 is 5.91 Å². The summed E-state index contributed by atoms with van der Waals surface area (Å²) < 4.78 is 32.7. The Balaban J connectivity index is 1.45. The summed E-state index contributed by atoms with van der Waals surface area (Å²) in [5, 5.41) is 3.62. The second-order valence-corrected chi connectivity index (χ2v) is 10.1. The Bertz CT molecular complexity index is 892. The summed E-state index contributed by atoms with van der Waals surface area (Å²) in [6.45, 7) is 8.43. The maximum absolute atomic E-state index is 13.6. The molecule has 0 aliphatic carbocycles. The van der Waals surface area contributed by atoms with Crippen molar-refractivity contribution in [1.82, 2.24) is 15.1 Å². The predicted molar refractivity (Wildman–Crippen MR) is 133 cm³/mol. The van der Waals surface area contributed by atoms with Gasteiger partial charge in [-0.25, -0.2) is 8.78 Å². The van der Waals surface area contributed by atoms with E-state index in [0.717, 1.165) is 43.6 Å². The average Bonchev–Trinajstić information content (AvgIpc) is 2.86. The van der Waals surface area contributed by atoms with Crippen LogP contribution in [-0.2, 0) is 9.53 Å². The Kier molecular flexibility index (Phi) is 8.87. The second-order valence-electron chi connectivity index (χ2n) is 10.1. The van der Waals surface area contributed by atoms with Crippen LogP contribution in [0.3, 0.4) is 0 Å². The standard InChI is InChI=1S/C28H37F2N3O2/c1-20(2)19-26(31-25-11-17-35-18-12-25)28(34)33-15-13-32(14-16-33)27(21-3-7-23(29)8-4-21)22-5-9-24(30)10-6-22/h3-10,20,25-27,31H,11-19H2,1-2H3/t26-/m0/s1. The Morgan fingerprint density at radius 3 is 1.91 bits per heavy atom. The molecule has 1 amide bonds. The quantitative estimate of drug-likeness (QED) is 0.603. The molecule has 0 spiro atoms. The predicted octanol–water partition coefficient (Wildman–Crippen LogP) is 4.38. The van der Waals surface area contributed by atoms with E-state index in [2.05, 4.69) is 24.1 Å². The van der Waals surface area contributed by atoms with Crippen molar-refractivity contribution in [3.63, 3.8) is 0 Å². The minimum Gasteiger partial charge on any atom is -0.381 e. The van der Waals surface area contributed by atoms with Crippen LogP contribution in [0.15, 0.2) is 48.5 Å². The first-order valence-electron chi connectivity index (χ1n) is 12.8. The molecule has 2 aromatic carbocycles. The molecule has 0 radical (unpaired) electrons. The van der Waals surface area contributed by atoms with Crippen LogP contribution in [0.1, 0.15) is 50.3 Å².